The predicted molar refractivity (Wildman–Crippen MR) is 83.8 cm³/mol. The molecule has 1 aromatic heterocycles. The van der Waals surface area contributed by atoms with Crippen molar-refractivity contribution < 1.29 is 0 Å². The fraction of sp³-hybridized carbons (Fsp3) is 0.400. The average Bonchev–Trinajstić information content (AvgIpc) is 3.07. The van der Waals surface area contributed by atoms with Gasteiger partial charge in [-0.3, -0.25) is 4.90 Å². The normalized spacial score (nSPS) is 23.4. The largest absolute Gasteiger partial charge is 0.330 e. The second kappa shape index (κ2) is 5.68. The van der Waals surface area contributed by atoms with Crippen LogP contribution in [0.25, 0.3) is 5.69 Å². The minimum absolute atomic E-state index is 0.464. The molecule has 0 spiro atoms. The summed E-state index contributed by atoms with van der Waals surface area (Å²) in [5.41, 5.74) is 8.21. The van der Waals surface area contributed by atoms with E-state index in [0.29, 0.717) is 12.0 Å². The SMILES string of the molecule is CN1CC(CN)CC1c1ccc(-n2cccn2)c(Br)c1. The standard InChI is InChI=1S/C15H19BrN4/c1-19-10-11(9-17)7-15(19)12-3-4-14(13(16)8-12)20-6-2-5-18-20/h2-6,8,11,15H,7,9-10,17H2,1H3. The maximum Gasteiger partial charge on any atom is 0.0787 e. The van der Waals surface area contributed by atoms with Crippen LogP contribution in [0.5, 0.6) is 0 Å². The second-order valence-electron chi connectivity index (χ2n) is 5.45. The van der Waals surface area contributed by atoms with Crippen LogP contribution in [0.15, 0.2) is 41.1 Å². The van der Waals surface area contributed by atoms with Crippen LogP contribution < -0.4 is 5.73 Å². The summed E-state index contributed by atoms with van der Waals surface area (Å²) in [7, 11) is 2.18. The lowest BCUT2D eigenvalue weighted by molar-refractivity contribution is 0.313. The molecule has 0 saturated carbocycles. The van der Waals surface area contributed by atoms with Gasteiger partial charge in [-0.1, -0.05) is 6.07 Å². The maximum atomic E-state index is 5.81. The molecule has 106 valence electrons. The van der Waals surface area contributed by atoms with Gasteiger partial charge in [-0.15, -0.1) is 0 Å². The third-order valence-electron chi connectivity index (χ3n) is 4.08. The van der Waals surface area contributed by atoms with Crippen LogP contribution in [-0.2, 0) is 0 Å². The molecule has 20 heavy (non-hydrogen) atoms. The van der Waals surface area contributed by atoms with Gasteiger partial charge in [-0.2, -0.15) is 5.10 Å². The lowest BCUT2D eigenvalue weighted by atomic mass is 10.00. The van der Waals surface area contributed by atoms with Crippen molar-refractivity contribution in [3.63, 3.8) is 0 Å². The Bertz CT molecular complexity index is 582. The van der Waals surface area contributed by atoms with E-state index in [-0.39, 0.29) is 0 Å². The minimum Gasteiger partial charge on any atom is -0.330 e. The molecule has 1 saturated heterocycles. The van der Waals surface area contributed by atoms with Gasteiger partial charge in [0.2, 0.25) is 0 Å². The Balaban J connectivity index is 1.88. The summed E-state index contributed by atoms with van der Waals surface area (Å²) in [6.45, 7) is 1.85. The van der Waals surface area contributed by atoms with Crippen LogP contribution in [0.3, 0.4) is 0 Å². The van der Waals surface area contributed by atoms with E-state index < -0.39 is 0 Å². The van der Waals surface area contributed by atoms with E-state index >= 15 is 0 Å². The van der Waals surface area contributed by atoms with Gasteiger partial charge in [0, 0.05) is 29.5 Å². The Hall–Kier alpha value is -1.17. The number of hydrogen-bond donors (Lipinski definition) is 1. The highest BCUT2D eigenvalue weighted by atomic mass is 79.9. The highest BCUT2D eigenvalue weighted by Gasteiger charge is 2.29. The Kier molecular flexibility index (Phi) is 3.92. The zero-order valence-corrected chi connectivity index (χ0v) is 13.1. The zero-order chi connectivity index (χ0) is 14.1. The van der Waals surface area contributed by atoms with E-state index in [9.17, 15) is 0 Å². The fourth-order valence-corrected chi connectivity index (χ4v) is 3.57. The van der Waals surface area contributed by atoms with Crippen molar-refractivity contribution in [1.82, 2.24) is 14.7 Å². The van der Waals surface area contributed by atoms with Gasteiger partial charge in [-0.05, 0) is 65.6 Å². The van der Waals surface area contributed by atoms with Crippen molar-refractivity contribution in [3.05, 3.63) is 46.7 Å². The first-order valence-electron chi connectivity index (χ1n) is 6.89. The molecule has 1 fully saturated rings. The number of likely N-dealkylation sites (tertiary alicyclic amines) is 1. The van der Waals surface area contributed by atoms with E-state index in [1.165, 1.54) is 5.56 Å². The first-order chi connectivity index (χ1) is 9.69. The van der Waals surface area contributed by atoms with Crippen molar-refractivity contribution >= 4 is 15.9 Å². The highest BCUT2D eigenvalue weighted by molar-refractivity contribution is 9.10. The van der Waals surface area contributed by atoms with Gasteiger partial charge in [0.1, 0.15) is 0 Å². The monoisotopic (exact) mass is 334 g/mol. The molecular weight excluding hydrogens is 316 g/mol. The first kappa shape index (κ1) is 13.8. The molecule has 5 heteroatoms. The number of rotatable bonds is 3. The summed E-state index contributed by atoms with van der Waals surface area (Å²) in [4.78, 5) is 2.40. The molecule has 2 aromatic rings. The Morgan fingerprint density at radius 1 is 1.45 bits per heavy atom. The predicted octanol–water partition coefficient (Wildman–Crippen LogP) is 2.59. The zero-order valence-electron chi connectivity index (χ0n) is 11.5. The van der Waals surface area contributed by atoms with Crippen LogP contribution in [0, 0.1) is 5.92 Å². The number of hydrogen-bond acceptors (Lipinski definition) is 3. The van der Waals surface area contributed by atoms with Gasteiger partial charge >= 0.3 is 0 Å². The molecule has 2 heterocycles. The molecule has 2 atom stereocenters. The average molecular weight is 335 g/mol. The third kappa shape index (κ3) is 2.53. The summed E-state index contributed by atoms with van der Waals surface area (Å²) in [5, 5.41) is 4.27. The molecule has 2 N–H and O–H groups in total. The van der Waals surface area contributed by atoms with E-state index in [4.69, 9.17) is 5.73 Å². The van der Waals surface area contributed by atoms with Crippen LogP contribution in [0.4, 0.5) is 0 Å². The first-order valence-corrected chi connectivity index (χ1v) is 7.68. The van der Waals surface area contributed by atoms with E-state index in [1.54, 1.807) is 6.20 Å². The van der Waals surface area contributed by atoms with E-state index in [2.05, 4.69) is 51.2 Å². The van der Waals surface area contributed by atoms with Gasteiger partial charge in [0.25, 0.3) is 0 Å². The molecule has 1 aliphatic heterocycles. The molecule has 3 rings (SSSR count). The van der Waals surface area contributed by atoms with Crippen LogP contribution >= 0.6 is 15.9 Å². The van der Waals surface area contributed by atoms with Gasteiger partial charge in [-0.25, -0.2) is 4.68 Å². The molecule has 1 aromatic carbocycles. The topological polar surface area (TPSA) is 47.1 Å². The van der Waals surface area contributed by atoms with E-state index in [0.717, 1.165) is 29.7 Å². The van der Waals surface area contributed by atoms with Gasteiger partial charge in [0.05, 0.1) is 5.69 Å². The molecule has 0 radical (unpaired) electrons. The molecule has 0 amide bonds. The summed E-state index contributed by atoms with van der Waals surface area (Å²) in [6.07, 6.45) is 4.88. The Morgan fingerprint density at radius 2 is 2.30 bits per heavy atom. The van der Waals surface area contributed by atoms with Crippen molar-refractivity contribution in [2.75, 3.05) is 20.1 Å². The summed E-state index contributed by atoms with van der Waals surface area (Å²) in [6, 6.07) is 8.91. The lowest BCUT2D eigenvalue weighted by Crippen LogP contribution is -2.20. The molecule has 0 bridgehead atoms. The number of benzene rings is 1. The molecule has 1 aliphatic rings. The summed E-state index contributed by atoms with van der Waals surface area (Å²) in [5.74, 6) is 0.606. The molecule has 2 unspecified atom stereocenters. The van der Waals surface area contributed by atoms with Crippen LogP contribution in [0.2, 0.25) is 0 Å². The van der Waals surface area contributed by atoms with Crippen LogP contribution in [-0.4, -0.2) is 34.8 Å². The van der Waals surface area contributed by atoms with E-state index in [1.807, 2.05) is 16.9 Å². The van der Waals surface area contributed by atoms with Gasteiger partial charge in [0.15, 0.2) is 0 Å². The number of halogens is 1. The maximum absolute atomic E-state index is 5.81. The number of nitrogens with two attached hydrogens (primary N) is 1. The summed E-state index contributed by atoms with van der Waals surface area (Å²) >= 11 is 3.66. The summed E-state index contributed by atoms with van der Waals surface area (Å²) < 4.78 is 2.94. The van der Waals surface area contributed by atoms with Crippen molar-refractivity contribution in [3.8, 4) is 5.69 Å². The van der Waals surface area contributed by atoms with Gasteiger partial charge < -0.3 is 5.73 Å². The molecule has 0 aliphatic carbocycles. The molecule has 4 nitrogen and oxygen atoms in total. The van der Waals surface area contributed by atoms with Crippen molar-refractivity contribution in [2.45, 2.75) is 12.5 Å². The minimum atomic E-state index is 0.464. The smallest absolute Gasteiger partial charge is 0.0787 e. The van der Waals surface area contributed by atoms with Crippen molar-refractivity contribution in [2.24, 2.45) is 11.7 Å². The molecular formula is C15H19BrN4. The number of nitrogens with zero attached hydrogens (tertiary/aromatic N) is 3. The third-order valence-corrected chi connectivity index (χ3v) is 4.71. The highest BCUT2D eigenvalue weighted by Crippen LogP contribution is 2.35. The lowest BCUT2D eigenvalue weighted by Gasteiger charge is -2.20. The quantitative estimate of drug-likeness (QED) is 0.938. The Labute approximate surface area is 127 Å². The second-order valence-corrected chi connectivity index (χ2v) is 6.31. The van der Waals surface area contributed by atoms with Crippen molar-refractivity contribution in [1.29, 1.82) is 0 Å². The Morgan fingerprint density at radius 3 is 2.90 bits per heavy atom. The fourth-order valence-electron chi connectivity index (χ4n) is 2.99. The number of aromatic nitrogens is 2. The van der Waals surface area contributed by atoms with Crippen LogP contribution in [0.1, 0.15) is 18.0 Å².